The number of benzene rings is 2. The largest absolute Gasteiger partial charge is 0.423 e. The van der Waals surface area contributed by atoms with E-state index in [9.17, 15) is 18.0 Å². The van der Waals surface area contributed by atoms with Gasteiger partial charge in [0.15, 0.2) is 0 Å². The summed E-state index contributed by atoms with van der Waals surface area (Å²) in [7, 11) is 0. The number of carbonyl (C=O) groups excluding carboxylic acids is 1. The summed E-state index contributed by atoms with van der Waals surface area (Å²) in [5.41, 5.74) is 0.348. The van der Waals surface area contributed by atoms with Gasteiger partial charge >= 0.3 is 5.97 Å². The van der Waals surface area contributed by atoms with E-state index in [-0.39, 0.29) is 11.3 Å². The second-order valence-electron chi connectivity index (χ2n) is 3.98. The van der Waals surface area contributed by atoms with Crippen LogP contribution in [-0.4, -0.2) is 5.97 Å². The van der Waals surface area contributed by atoms with Gasteiger partial charge in [-0.25, -0.2) is 18.0 Å². The number of aryl methyl sites for hydroxylation is 1. The molecule has 0 aliphatic heterocycles. The zero-order valence-corrected chi connectivity index (χ0v) is 9.91. The smallest absolute Gasteiger partial charge is 0.346 e. The molecule has 2 nitrogen and oxygen atoms in total. The van der Waals surface area contributed by atoms with Crippen LogP contribution < -0.4 is 4.74 Å². The normalized spacial score (nSPS) is 10.3. The summed E-state index contributed by atoms with van der Waals surface area (Å²) in [6, 6.07) is 6.28. The van der Waals surface area contributed by atoms with Gasteiger partial charge in [0.25, 0.3) is 0 Å². The van der Waals surface area contributed by atoms with Gasteiger partial charge in [-0.2, -0.15) is 0 Å². The van der Waals surface area contributed by atoms with Crippen molar-refractivity contribution in [3.8, 4) is 5.75 Å². The Kier molecular flexibility index (Phi) is 3.55. The van der Waals surface area contributed by atoms with Crippen molar-refractivity contribution in [2.75, 3.05) is 0 Å². The number of hydrogen-bond acceptors (Lipinski definition) is 2. The minimum absolute atomic E-state index is 0.296. The van der Waals surface area contributed by atoms with E-state index < -0.39 is 23.4 Å². The average Bonchev–Trinajstić information content (AvgIpc) is 2.26. The molecule has 0 atom stereocenters. The van der Waals surface area contributed by atoms with Crippen LogP contribution in [0.5, 0.6) is 5.75 Å². The van der Waals surface area contributed by atoms with E-state index in [1.165, 1.54) is 18.2 Å². The number of carbonyl (C=O) groups is 1. The van der Waals surface area contributed by atoms with Crippen LogP contribution >= 0.6 is 0 Å². The Bertz CT molecular complexity index is 618. The first-order chi connectivity index (χ1) is 8.95. The summed E-state index contributed by atoms with van der Waals surface area (Å²) in [5, 5.41) is 0. The summed E-state index contributed by atoms with van der Waals surface area (Å²) in [6.45, 7) is 1.67. The monoisotopic (exact) mass is 266 g/mol. The third-order valence-electron chi connectivity index (χ3n) is 2.39. The van der Waals surface area contributed by atoms with Crippen LogP contribution in [0, 0.1) is 24.4 Å². The van der Waals surface area contributed by atoms with Crippen molar-refractivity contribution in [2.24, 2.45) is 0 Å². The number of rotatable bonds is 2. The fourth-order valence-corrected chi connectivity index (χ4v) is 1.54. The van der Waals surface area contributed by atoms with E-state index in [1.54, 1.807) is 6.92 Å². The third kappa shape index (κ3) is 3.13. The van der Waals surface area contributed by atoms with E-state index in [0.29, 0.717) is 11.6 Å². The fraction of sp³-hybridized carbons (Fsp3) is 0.0714. The minimum Gasteiger partial charge on any atom is -0.423 e. The van der Waals surface area contributed by atoms with Gasteiger partial charge in [-0.05, 0) is 24.6 Å². The molecule has 0 bridgehead atoms. The predicted octanol–water partition coefficient (Wildman–Crippen LogP) is 3.63. The van der Waals surface area contributed by atoms with Crippen molar-refractivity contribution in [1.82, 2.24) is 0 Å². The first kappa shape index (κ1) is 13.1. The molecule has 0 saturated heterocycles. The van der Waals surface area contributed by atoms with Crippen molar-refractivity contribution in [3.05, 3.63) is 65.0 Å². The summed E-state index contributed by atoms with van der Waals surface area (Å²) in [5.74, 6) is -3.84. The molecule has 0 unspecified atom stereocenters. The van der Waals surface area contributed by atoms with E-state index in [0.717, 1.165) is 12.1 Å². The minimum atomic E-state index is -1.01. The zero-order valence-electron chi connectivity index (χ0n) is 9.91. The standard InChI is InChI=1S/C14H9F3O2/c1-8-2-3-12(13(17)4-8)14(18)19-11-6-9(15)5-10(16)7-11/h2-7H,1H3. The maximum Gasteiger partial charge on any atom is 0.346 e. The Morgan fingerprint density at radius 2 is 1.63 bits per heavy atom. The van der Waals surface area contributed by atoms with Gasteiger partial charge in [-0.15, -0.1) is 0 Å². The molecular formula is C14H9F3O2. The van der Waals surface area contributed by atoms with E-state index in [2.05, 4.69) is 0 Å². The van der Waals surface area contributed by atoms with Crippen LogP contribution in [0.3, 0.4) is 0 Å². The fourth-order valence-electron chi connectivity index (χ4n) is 1.54. The van der Waals surface area contributed by atoms with Crippen LogP contribution in [0.1, 0.15) is 15.9 Å². The molecule has 2 aromatic carbocycles. The van der Waals surface area contributed by atoms with Crippen LogP contribution in [-0.2, 0) is 0 Å². The van der Waals surface area contributed by atoms with Gasteiger partial charge in [0, 0.05) is 18.2 Å². The molecule has 0 aliphatic rings. The summed E-state index contributed by atoms with van der Waals surface area (Å²) in [4.78, 5) is 11.7. The molecule has 2 rings (SSSR count). The molecule has 2 aromatic rings. The second kappa shape index (κ2) is 5.14. The van der Waals surface area contributed by atoms with Crippen molar-refractivity contribution < 1.29 is 22.7 Å². The number of halogens is 3. The second-order valence-corrected chi connectivity index (χ2v) is 3.98. The SMILES string of the molecule is Cc1ccc(C(=O)Oc2cc(F)cc(F)c2)c(F)c1. The highest BCUT2D eigenvalue weighted by Crippen LogP contribution is 2.18. The van der Waals surface area contributed by atoms with Crippen molar-refractivity contribution in [3.63, 3.8) is 0 Å². The quantitative estimate of drug-likeness (QED) is 0.613. The topological polar surface area (TPSA) is 26.3 Å². The Hall–Kier alpha value is -2.30. The zero-order chi connectivity index (χ0) is 14.0. The highest BCUT2D eigenvalue weighted by Gasteiger charge is 2.15. The summed E-state index contributed by atoms with van der Waals surface area (Å²) >= 11 is 0. The molecule has 0 aromatic heterocycles. The lowest BCUT2D eigenvalue weighted by Crippen LogP contribution is -2.11. The summed E-state index contributed by atoms with van der Waals surface area (Å²) in [6.07, 6.45) is 0. The van der Waals surface area contributed by atoms with Crippen molar-refractivity contribution >= 4 is 5.97 Å². The third-order valence-corrected chi connectivity index (χ3v) is 2.39. The molecule has 19 heavy (non-hydrogen) atoms. The van der Waals surface area contributed by atoms with Crippen LogP contribution in [0.25, 0.3) is 0 Å². The molecular weight excluding hydrogens is 257 g/mol. The van der Waals surface area contributed by atoms with Gasteiger partial charge < -0.3 is 4.74 Å². The Morgan fingerprint density at radius 3 is 2.21 bits per heavy atom. The molecule has 0 heterocycles. The molecule has 0 N–H and O–H groups in total. The lowest BCUT2D eigenvalue weighted by Gasteiger charge is -2.06. The first-order valence-electron chi connectivity index (χ1n) is 5.40. The van der Waals surface area contributed by atoms with Gasteiger partial charge in [0.1, 0.15) is 23.2 Å². The number of ether oxygens (including phenoxy) is 1. The molecule has 0 amide bonds. The first-order valence-corrected chi connectivity index (χ1v) is 5.40. The van der Waals surface area contributed by atoms with Crippen molar-refractivity contribution in [2.45, 2.75) is 6.92 Å². The Labute approximate surface area is 107 Å². The number of esters is 1. The predicted molar refractivity (Wildman–Crippen MR) is 62.5 cm³/mol. The molecule has 0 fully saturated rings. The van der Waals surface area contributed by atoms with E-state index in [4.69, 9.17) is 4.74 Å². The Balaban J connectivity index is 2.25. The van der Waals surface area contributed by atoms with Gasteiger partial charge in [0.05, 0.1) is 5.56 Å². The molecule has 0 spiro atoms. The molecule has 0 aliphatic carbocycles. The number of hydrogen-bond donors (Lipinski definition) is 0. The average molecular weight is 266 g/mol. The van der Waals surface area contributed by atoms with Crippen LogP contribution in [0.4, 0.5) is 13.2 Å². The molecule has 5 heteroatoms. The lowest BCUT2D eigenvalue weighted by atomic mass is 10.1. The maximum atomic E-state index is 13.5. The van der Waals surface area contributed by atoms with E-state index >= 15 is 0 Å². The molecule has 0 saturated carbocycles. The lowest BCUT2D eigenvalue weighted by molar-refractivity contribution is 0.0729. The van der Waals surface area contributed by atoms with Crippen LogP contribution in [0.2, 0.25) is 0 Å². The molecule has 0 radical (unpaired) electrons. The summed E-state index contributed by atoms with van der Waals surface area (Å²) < 4.78 is 44.1. The maximum absolute atomic E-state index is 13.5. The highest BCUT2D eigenvalue weighted by atomic mass is 19.1. The molecule has 98 valence electrons. The van der Waals surface area contributed by atoms with Gasteiger partial charge in [-0.1, -0.05) is 6.07 Å². The highest BCUT2D eigenvalue weighted by molar-refractivity contribution is 5.91. The Morgan fingerprint density at radius 1 is 1.00 bits per heavy atom. The van der Waals surface area contributed by atoms with Crippen LogP contribution in [0.15, 0.2) is 36.4 Å². The van der Waals surface area contributed by atoms with Gasteiger partial charge in [-0.3, -0.25) is 0 Å². The van der Waals surface area contributed by atoms with Gasteiger partial charge in [0.2, 0.25) is 0 Å². The van der Waals surface area contributed by atoms with E-state index in [1.807, 2.05) is 0 Å². The van der Waals surface area contributed by atoms with Crippen molar-refractivity contribution in [1.29, 1.82) is 0 Å².